The Kier molecular flexibility index (Phi) is 16.4. The van der Waals surface area contributed by atoms with Crippen molar-refractivity contribution < 1.29 is 36.7 Å². The van der Waals surface area contributed by atoms with Gasteiger partial charge in [0.05, 0.1) is 17.5 Å². The van der Waals surface area contributed by atoms with Gasteiger partial charge in [0.15, 0.2) is 0 Å². The minimum Gasteiger partial charge on any atom is -0.418 e. The summed E-state index contributed by atoms with van der Waals surface area (Å²) in [6.45, 7) is 6.00. The summed E-state index contributed by atoms with van der Waals surface area (Å²) in [6.07, 6.45) is 18.3. The van der Waals surface area contributed by atoms with Gasteiger partial charge < -0.3 is 17.3 Å². The monoisotopic (exact) mass is 521 g/mol. The number of halogens is 4. The third-order valence-electron chi connectivity index (χ3n) is 5.80. The van der Waals surface area contributed by atoms with Gasteiger partial charge in [0.2, 0.25) is 0 Å². The number of rotatable bonds is 5. The van der Waals surface area contributed by atoms with Crippen molar-refractivity contribution >= 4 is 15.2 Å². The van der Waals surface area contributed by atoms with Crippen LogP contribution in [-0.2, 0) is 25.9 Å². The molecule has 2 aliphatic rings. The van der Waals surface area contributed by atoms with E-state index in [0.717, 1.165) is 11.3 Å². The zero-order valence-electron chi connectivity index (χ0n) is 17.4. The minimum atomic E-state index is -6.00. The summed E-state index contributed by atoms with van der Waals surface area (Å²) < 4.78 is 39.0. The van der Waals surface area contributed by atoms with E-state index in [-0.39, 0.29) is 27.4 Å². The van der Waals surface area contributed by atoms with Gasteiger partial charge in [0, 0.05) is 33.8 Å². The molecule has 2 aliphatic carbocycles. The van der Waals surface area contributed by atoms with E-state index < -0.39 is 7.25 Å². The van der Waals surface area contributed by atoms with Gasteiger partial charge >= 0.3 is 7.25 Å². The Morgan fingerprint density at radius 1 is 0.759 bits per heavy atom. The second kappa shape index (κ2) is 16.5. The number of hydrogen-bond acceptors (Lipinski definition) is 0. The molecule has 0 N–H and O–H groups in total. The maximum Gasteiger partial charge on any atom is 0.673 e. The summed E-state index contributed by atoms with van der Waals surface area (Å²) in [5, 5.41) is 0. The molecule has 0 aromatic heterocycles. The largest absolute Gasteiger partial charge is 0.673 e. The molecule has 3 rings (SSSR count). The molecule has 0 nitrogen and oxygen atoms in total. The van der Waals surface area contributed by atoms with Crippen molar-refractivity contribution in [3.05, 3.63) is 49.1 Å². The van der Waals surface area contributed by atoms with Crippen LogP contribution in [0.2, 0.25) is 0 Å². The molecule has 0 unspecified atom stereocenters. The molecule has 0 bridgehead atoms. The summed E-state index contributed by atoms with van der Waals surface area (Å²) in [4.78, 5) is 0. The van der Waals surface area contributed by atoms with E-state index in [4.69, 9.17) is 0 Å². The van der Waals surface area contributed by atoms with E-state index in [2.05, 4.69) is 43.5 Å². The van der Waals surface area contributed by atoms with Crippen molar-refractivity contribution in [2.24, 2.45) is 0 Å². The van der Waals surface area contributed by atoms with Gasteiger partial charge in [-0.05, 0) is 56.9 Å². The van der Waals surface area contributed by atoms with Gasteiger partial charge in [-0.25, -0.2) is 0 Å². The fourth-order valence-electron chi connectivity index (χ4n) is 4.62. The normalized spacial score (nSPS) is 18.0. The molecule has 2 fully saturated rings. The maximum atomic E-state index is 9.75. The predicted octanol–water partition coefficient (Wildman–Crippen LogP) is 8.21. The van der Waals surface area contributed by atoms with Gasteiger partial charge in [0.1, 0.15) is 0 Å². The van der Waals surface area contributed by atoms with Crippen LogP contribution in [0.5, 0.6) is 0 Å². The van der Waals surface area contributed by atoms with Crippen molar-refractivity contribution in [1.29, 1.82) is 0 Å². The Morgan fingerprint density at radius 2 is 1.14 bits per heavy atom. The molecule has 7 heteroatoms. The second-order valence-corrected chi connectivity index (χ2v) is 11.0. The fraction of sp³-hybridized carbons (Fsp3) is 0.636. The average Bonchev–Trinajstić information content (AvgIpc) is 2.71. The molecule has 0 amide bonds. The van der Waals surface area contributed by atoms with Crippen LogP contribution >= 0.6 is 7.92 Å². The molecule has 0 saturated heterocycles. The Hall–Kier alpha value is -0.202. The summed E-state index contributed by atoms with van der Waals surface area (Å²) >= 11 is 0. The predicted molar refractivity (Wildman–Crippen MR) is 119 cm³/mol. The number of benzene rings is 1. The van der Waals surface area contributed by atoms with Crippen LogP contribution in [0, 0.1) is 0 Å². The first-order valence-electron chi connectivity index (χ1n) is 10.7. The first kappa shape index (κ1) is 28.8. The Morgan fingerprint density at radius 3 is 1.52 bits per heavy atom. The quantitative estimate of drug-likeness (QED) is 0.159. The molecular formula is C22H36BF4PRh. The molecule has 1 aromatic rings. The van der Waals surface area contributed by atoms with Crippen LogP contribution < -0.4 is 0 Å². The van der Waals surface area contributed by atoms with Gasteiger partial charge in [-0.15, -0.1) is 13.2 Å². The van der Waals surface area contributed by atoms with Crippen LogP contribution in [0.3, 0.4) is 0 Å². The number of hydrogen-bond donors (Lipinski definition) is 0. The average molecular weight is 521 g/mol. The number of aryl methyl sites for hydroxylation is 1. The first-order valence-corrected chi connectivity index (χ1v) is 12.6. The van der Waals surface area contributed by atoms with E-state index in [9.17, 15) is 17.3 Å². The molecule has 0 heterocycles. The van der Waals surface area contributed by atoms with Gasteiger partial charge in [-0.1, -0.05) is 43.2 Å². The minimum absolute atomic E-state index is 0. The molecular weight excluding hydrogens is 485 g/mol. The van der Waals surface area contributed by atoms with Crippen molar-refractivity contribution in [3.63, 3.8) is 0 Å². The topological polar surface area (TPSA) is 0 Å². The summed E-state index contributed by atoms with van der Waals surface area (Å²) in [5.41, 5.74) is 3.87. The molecule has 29 heavy (non-hydrogen) atoms. The van der Waals surface area contributed by atoms with E-state index in [1.807, 2.05) is 0 Å². The first-order chi connectivity index (χ1) is 13.4. The second-order valence-electron chi connectivity index (χ2n) is 7.73. The molecule has 1 aromatic carbocycles. The van der Waals surface area contributed by atoms with Crippen LogP contribution in [0.15, 0.2) is 43.5 Å². The van der Waals surface area contributed by atoms with E-state index in [0.29, 0.717) is 0 Å². The molecule has 2 saturated carbocycles. The van der Waals surface area contributed by atoms with Crippen molar-refractivity contribution in [2.45, 2.75) is 81.9 Å². The third kappa shape index (κ3) is 13.7. The van der Waals surface area contributed by atoms with E-state index >= 15 is 0 Å². The van der Waals surface area contributed by atoms with Crippen LogP contribution in [0.25, 0.3) is 0 Å². The third-order valence-corrected chi connectivity index (χ3v) is 9.88. The smallest absolute Gasteiger partial charge is 0.418 e. The van der Waals surface area contributed by atoms with Crippen LogP contribution in [0.1, 0.15) is 69.8 Å². The molecule has 0 spiro atoms. The Bertz CT molecular complexity index is 479. The van der Waals surface area contributed by atoms with E-state index in [1.54, 1.807) is 37.4 Å². The Labute approximate surface area is 188 Å². The molecule has 169 valence electrons. The van der Waals surface area contributed by atoms with Gasteiger partial charge in [-0.3, -0.25) is 0 Å². The van der Waals surface area contributed by atoms with Gasteiger partial charge in [0.25, 0.3) is 0 Å². The summed E-state index contributed by atoms with van der Waals surface area (Å²) in [7, 11) is -6.14. The van der Waals surface area contributed by atoms with E-state index in [1.165, 1.54) is 44.9 Å². The fourth-order valence-corrected chi connectivity index (χ4v) is 8.98. The summed E-state index contributed by atoms with van der Waals surface area (Å²) in [6, 6.07) is 11.2. The molecule has 0 aliphatic heterocycles. The maximum absolute atomic E-state index is 9.75. The van der Waals surface area contributed by atoms with Crippen LogP contribution in [-0.4, -0.2) is 24.7 Å². The molecule has 1 radical (unpaired) electrons. The Balaban J connectivity index is 0.000000862. The van der Waals surface area contributed by atoms with Crippen LogP contribution in [0.4, 0.5) is 17.3 Å². The molecule has 0 atom stereocenters. The zero-order chi connectivity index (χ0) is 20.8. The zero-order valence-corrected chi connectivity index (χ0v) is 20.0. The van der Waals surface area contributed by atoms with Crippen molar-refractivity contribution in [3.8, 4) is 0 Å². The van der Waals surface area contributed by atoms with Gasteiger partial charge in [-0.2, -0.15) is 0 Å². The summed E-state index contributed by atoms with van der Waals surface area (Å²) in [5.74, 6) is 0. The van der Waals surface area contributed by atoms with Crippen molar-refractivity contribution in [2.75, 3.05) is 6.16 Å². The standard InChI is InChI=1S/C20H31P.C2H4.BF4.Rh/c1-4-10-18(11-5-1)16-17-21(19-12-6-2-7-13-19)20-14-8-3-9-15-20;1-2;2-1(3,4)5;/h1,4-5,10-11,19-20H,2-3,6-9,12-17H2;1-2H2;;/q;;-1;/p+1. The SMILES string of the molecule is C=C.F[B-](F)(F)F.[Rh].c1ccc(CC[PH+](C2CCCCC2)C2CCCCC2)cc1. The van der Waals surface area contributed by atoms with Crippen molar-refractivity contribution in [1.82, 2.24) is 0 Å².